The second-order valence-corrected chi connectivity index (χ2v) is 4.98. The third-order valence-electron chi connectivity index (χ3n) is 3.44. The molecule has 4 nitrogen and oxygen atoms in total. The van der Waals surface area contributed by atoms with Crippen LogP contribution in [0, 0.1) is 0 Å². The number of aliphatic hydroxyl groups is 1. The predicted molar refractivity (Wildman–Crippen MR) is 47.7 cm³/mol. The third kappa shape index (κ3) is 1.15. The van der Waals surface area contributed by atoms with Gasteiger partial charge in [-0.1, -0.05) is 0 Å². The summed E-state index contributed by atoms with van der Waals surface area (Å²) >= 11 is 0. The van der Waals surface area contributed by atoms with Crippen LogP contribution in [-0.4, -0.2) is 41.4 Å². The monoisotopic (exact) mass is 200 g/mol. The molecule has 4 atom stereocenters. The van der Waals surface area contributed by atoms with E-state index in [9.17, 15) is 5.11 Å². The first-order chi connectivity index (χ1) is 6.53. The molecule has 1 spiro atoms. The van der Waals surface area contributed by atoms with E-state index in [2.05, 4.69) is 0 Å². The fourth-order valence-electron chi connectivity index (χ4n) is 2.60. The lowest BCUT2D eigenvalue weighted by molar-refractivity contribution is -0.156. The molecule has 1 aliphatic carbocycles. The van der Waals surface area contributed by atoms with E-state index in [0.29, 0.717) is 6.61 Å². The van der Waals surface area contributed by atoms with E-state index in [-0.39, 0.29) is 17.8 Å². The molecule has 1 N–H and O–H groups in total. The van der Waals surface area contributed by atoms with Gasteiger partial charge in [-0.2, -0.15) is 0 Å². The second kappa shape index (κ2) is 2.50. The van der Waals surface area contributed by atoms with Crippen LogP contribution in [-0.2, 0) is 14.2 Å². The Kier molecular flexibility index (Phi) is 1.62. The predicted octanol–water partition coefficient (Wildman–Crippen LogP) is 0.430. The molecule has 4 heteroatoms. The van der Waals surface area contributed by atoms with Crippen LogP contribution in [0.2, 0.25) is 0 Å². The molecule has 3 fully saturated rings. The van der Waals surface area contributed by atoms with Crippen molar-refractivity contribution < 1.29 is 19.3 Å². The van der Waals surface area contributed by atoms with Crippen molar-refractivity contribution in [2.75, 3.05) is 6.61 Å². The topological polar surface area (TPSA) is 51.2 Å². The lowest BCUT2D eigenvalue weighted by Crippen LogP contribution is -2.50. The normalized spacial score (nSPS) is 54.6. The average molecular weight is 200 g/mol. The van der Waals surface area contributed by atoms with E-state index < -0.39 is 11.9 Å². The number of aliphatic hydroxyl groups excluding tert-OH is 1. The third-order valence-corrected chi connectivity index (χ3v) is 3.44. The summed E-state index contributed by atoms with van der Waals surface area (Å²) in [5.41, 5.74) is -0.301. The standard InChI is InChI=1S/C10H16O4/c1-9(2)13-6-3-4-10(5-12-10)8(11)7(6)14-9/h6-8,11H,3-5H2,1-2H3/t6-,7-,8+,10+/m1/s1. The van der Waals surface area contributed by atoms with Crippen molar-refractivity contribution in [1.82, 2.24) is 0 Å². The molecule has 0 aromatic rings. The molecule has 3 aliphatic rings. The molecule has 2 heterocycles. The minimum atomic E-state index is -0.559. The van der Waals surface area contributed by atoms with Crippen molar-refractivity contribution in [3.05, 3.63) is 0 Å². The van der Waals surface area contributed by atoms with E-state index in [0.717, 1.165) is 12.8 Å². The summed E-state index contributed by atoms with van der Waals surface area (Å²) in [5.74, 6) is -0.559. The average Bonchev–Trinajstić information content (AvgIpc) is 2.80. The largest absolute Gasteiger partial charge is 0.387 e. The summed E-state index contributed by atoms with van der Waals surface area (Å²) in [6, 6.07) is 0. The van der Waals surface area contributed by atoms with E-state index in [1.54, 1.807) is 0 Å². The van der Waals surface area contributed by atoms with Crippen LogP contribution < -0.4 is 0 Å². The highest BCUT2D eigenvalue weighted by Crippen LogP contribution is 2.47. The molecule has 14 heavy (non-hydrogen) atoms. The molecule has 3 rings (SSSR count). The minimum absolute atomic E-state index is 0.0369. The van der Waals surface area contributed by atoms with Gasteiger partial charge >= 0.3 is 0 Å². The van der Waals surface area contributed by atoms with Gasteiger partial charge in [0.15, 0.2) is 5.79 Å². The van der Waals surface area contributed by atoms with E-state index in [1.807, 2.05) is 13.8 Å². The molecule has 0 radical (unpaired) electrons. The zero-order valence-corrected chi connectivity index (χ0v) is 8.53. The zero-order valence-electron chi connectivity index (χ0n) is 8.53. The Hall–Kier alpha value is -0.160. The molecular weight excluding hydrogens is 184 g/mol. The fraction of sp³-hybridized carbons (Fsp3) is 1.00. The summed E-state index contributed by atoms with van der Waals surface area (Å²) in [4.78, 5) is 0. The first-order valence-electron chi connectivity index (χ1n) is 5.20. The molecule has 80 valence electrons. The summed E-state index contributed by atoms with van der Waals surface area (Å²) in [7, 11) is 0. The van der Waals surface area contributed by atoms with Crippen molar-refractivity contribution in [2.45, 2.75) is 56.4 Å². The summed E-state index contributed by atoms with van der Waals surface area (Å²) in [6.07, 6.45) is 1.11. The second-order valence-electron chi connectivity index (χ2n) is 4.98. The van der Waals surface area contributed by atoms with Crippen molar-refractivity contribution in [1.29, 1.82) is 0 Å². The zero-order chi connectivity index (χ0) is 9.97. The van der Waals surface area contributed by atoms with Gasteiger partial charge in [-0.25, -0.2) is 0 Å². The lowest BCUT2D eigenvalue weighted by Gasteiger charge is -2.32. The quantitative estimate of drug-likeness (QED) is 0.576. The minimum Gasteiger partial charge on any atom is -0.387 e. The number of fused-ring (bicyclic) bond motifs is 1. The SMILES string of the molecule is CC1(C)O[C@@H]2[C@@H](CC[C@]3(CO3)[C@H]2O)O1. The van der Waals surface area contributed by atoms with Crippen LogP contribution in [0.15, 0.2) is 0 Å². The Morgan fingerprint density at radius 3 is 2.64 bits per heavy atom. The molecule has 0 aromatic heterocycles. The molecular formula is C10H16O4. The lowest BCUT2D eigenvalue weighted by atomic mass is 9.83. The Bertz CT molecular complexity index is 259. The molecule has 2 saturated heterocycles. The highest BCUT2D eigenvalue weighted by molar-refractivity contribution is 5.09. The Morgan fingerprint density at radius 2 is 2.00 bits per heavy atom. The summed E-state index contributed by atoms with van der Waals surface area (Å²) in [6.45, 7) is 4.44. The number of epoxide rings is 1. The van der Waals surface area contributed by atoms with Crippen LogP contribution in [0.5, 0.6) is 0 Å². The van der Waals surface area contributed by atoms with Gasteiger partial charge in [0.2, 0.25) is 0 Å². The van der Waals surface area contributed by atoms with Gasteiger partial charge in [0.1, 0.15) is 17.8 Å². The van der Waals surface area contributed by atoms with Crippen molar-refractivity contribution in [3.8, 4) is 0 Å². The van der Waals surface area contributed by atoms with Gasteiger partial charge in [0, 0.05) is 0 Å². The van der Waals surface area contributed by atoms with E-state index >= 15 is 0 Å². The molecule has 0 bridgehead atoms. The number of hydrogen-bond acceptors (Lipinski definition) is 4. The van der Waals surface area contributed by atoms with Gasteiger partial charge < -0.3 is 19.3 Å². The van der Waals surface area contributed by atoms with Crippen LogP contribution in [0.3, 0.4) is 0 Å². The van der Waals surface area contributed by atoms with E-state index in [4.69, 9.17) is 14.2 Å². The van der Waals surface area contributed by atoms with E-state index in [1.165, 1.54) is 0 Å². The highest BCUT2D eigenvalue weighted by atomic mass is 16.8. The van der Waals surface area contributed by atoms with Gasteiger partial charge in [-0.3, -0.25) is 0 Å². The first-order valence-corrected chi connectivity index (χ1v) is 5.20. The number of rotatable bonds is 0. The van der Waals surface area contributed by atoms with Gasteiger partial charge in [0.05, 0.1) is 12.7 Å². The van der Waals surface area contributed by atoms with Gasteiger partial charge in [-0.15, -0.1) is 0 Å². The molecule has 0 unspecified atom stereocenters. The Morgan fingerprint density at radius 1 is 1.29 bits per heavy atom. The van der Waals surface area contributed by atoms with Gasteiger partial charge in [-0.05, 0) is 26.7 Å². The smallest absolute Gasteiger partial charge is 0.163 e. The van der Waals surface area contributed by atoms with Crippen LogP contribution >= 0.6 is 0 Å². The van der Waals surface area contributed by atoms with Crippen molar-refractivity contribution in [3.63, 3.8) is 0 Å². The molecule has 0 aromatic carbocycles. The Balaban J connectivity index is 1.82. The number of ether oxygens (including phenoxy) is 3. The maximum absolute atomic E-state index is 10.1. The maximum atomic E-state index is 10.1. The molecule has 0 amide bonds. The van der Waals surface area contributed by atoms with Crippen molar-refractivity contribution >= 4 is 0 Å². The highest BCUT2D eigenvalue weighted by Gasteiger charge is 2.62. The summed E-state index contributed by atoms with van der Waals surface area (Å²) < 4.78 is 16.7. The van der Waals surface area contributed by atoms with Crippen molar-refractivity contribution in [2.24, 2.45) is 0 Å². The first kappa shape index (κ1) is 9.09. The Labute approximate surface area is 83.1 Å². The summed E-state index contributed by atoms with van der Waals surface area (Å²) in [5, 5.41) is 10.1. The molecule has 2 aliphatic heterocycles. The fourth-order valence-corrected chi connectivity index (χ4v) is 2.60. The van der Waals surface area contributed by atoms with Crippen LogP contribution in [0.4, 0.5) is 0 Å². The van der Waals surface area contributed by atoms with Crippen LogP contribution in [0.25, 0.3) is 0 Å². The number of hydrogen-bond donors (Lipinski definition) is 1. The molecule has 1 saturated carbocycles. The maximum Gasteiger partial charge on any atom is 0.163 e. The van der Waals surface area contributed by atoms with Crippen LogP contribution in [0.1, 0.15) is 26.7 Å². The van der Waals surface area contributed by atoms with Gasteiger partial charge in [0.25, 0.3) is 0 Å².